The Hall–Kier alpha value is -3.57. The molecule has 5 heterocycles. The molecule has 1 aromatic carbocycles. The Labute approximate surface area is 253 Å². The second kappa shape index (κ2) is 11.6. The van der Waals surface area contributed by atoms with Gasteiger partial charge in [0.25, 0.3) is 0 Å². The molecule has 0 spiro atoms. The van der Waals surface area contributed by atoms with E-state index in [0.29, 0.717) is 35.3 Å². The summed E-state index contributed by atoms with van der Waals surface area (Å²) < 4.78 is 1.91. The molecule has 220 valence electrons. The van der Waals surface area contributed by atoms with E-state index in [-0.39, 0.29) is 18.1 Å². The molecule has 0 unspecified atom stereocenters. The molecular formula is C29H35N9O2S2. The maximum atomic E-state index is 12.6. The third-order valence-electron chi connectivity index (χ3n) is 8.11. The molecule has 1 amide bonds. The number of rotatable bonds is 8. The van der Waals surface area contributed by atoms with Gasteiger partial charge >= 0.3 is 0 Å². The number of nitrogens with zero attached hydrogens (tertiary/aromatic N) is 9. The molecule has 1 atom stereocenters. The lowest BCUT2D eigenvalue weighted by Crippen LogP contribution is -2.57. The number of aromatic nitrogens is 4. The SMILES string of the molecule is CCc1nc2sc(N3CCC[C@H](N(C)CC(=O)N4CC(O)C4)C3)nn2c1N(C)c1nc(-c2ccc(C)cc2)c(C#N)s1. The number of aliphatic hydroxyl groups is 1. The Morgan fingerprint density at radius 3 is 2.62 bits per heavy atom. The van der Waals surface area contributed by atoms with E-state index in [4.69, 9.17) is 15.1 Å². The highest BCUT2D eigenvalue weighted by molar-refractivity contribution is 7.20. The summed E-state index contributed by atoms with van der Waals surface area (Å²) in [5.41, 5.74) is 3.70. The number of imidazole rings is 1. The van der Waals surface area contributed by atoms with Gasteiger partial charge in [-0.05, 0) is 33.2 Å². The number of aryl methyl sites for hydroxylation is 2. The molecule has 11 nitrogen and oxygen atoms in total. The lowest BCUT2D eigenvalue weighted by molar-refractivity contribution is -0.142. The number of likely N-dealkylation sites (tertiary alicyclic amines) is 1. The number of carbonyl (C=O) groups excluding carboxylic acids is 1. The monoisotopic (exact) mass is 605 g/mol. The molecule has 42 heavy (non-hydrogen) atoms. The fourth-order valence-electron chi connectivity index (χ4n) is 5.59. The molecule has 2 saturated heterocycles. The van der Waals surface area contributed by atoms with Crippen LogP contribution in [0.15, 0.2) is 24.3 Å². The van der Waals surface area contributed by atoms with Crippen molar-refractivity contribution in [3.8, 4) is 17.3 Å². The van der Waals surface area contributed by atoms with Gasteiger partial charge in [0.1, 0.15) is 16.6 Å². The van der Waals surface area contributed by atoms with E-state index in [1.807, 2.05) is 54.7 Å². The van der Waals surface area contributed by atoms with Gasteiger partial charge in [0, 0.05) is 44.8 Å². The van der Waals surface area contributed by atoms with Crippen LogP contribution in [0.2, 0.25) is 0 Å². The van der Waals surface area contributed by atoms with Crippen molar-refractivity contribution in [1.29, 1.82) is 5.26 Å². The first-order valence-electron chi connectivity index (χ1n) is 14.3. The summed E-state index contributed by atoms with van der Waals surface area (Å²) in [6.07, 6.45) is 2.39. The topological polar surface area (TPSA) is 117 Å². The predicted octanol–water partition coefficient (Wildman–Crippen LogP) is 3.53. The number of fused-ring (bicyclic) bond motifs is 1. The lowest BCUT2D eigenvalue weighted by Gasteiger charge is -2.40. The van der Waals surface area contributed by atoms with Crippen molar-refractivity contribution < 1.29 is 9.90 Å². The minimum atomic E-state index is -0.385. The van der Waals surface area contributed by atoms with Crippen LogP contribution in [0.5, 0.6) is 0 Å². The summed E-state index contributed by atoms with van der Waals surface area (Å²) in [7, 11) is 3.96. The van der Waals surface area contributed by atoms with Crippen LogP contribution < -0.4 is 9.80 Å². The quantitative estimate of drug-likeness (QED) is 0.322. The maximum Gasteiger partial charge on any atom is 0.236 e. The molecule has 2 aliphatic rings. The molecule has 1 N–H and O–H groups in total. The van der Waals surface area contributed by atoms with Crippen molar-refractivity contribution in [3.05, 3.63) is 40.4 Å². The second-order valence-electron chi connectivity index (χ2n) is 11.1. The Kier molecular flexibility index (Phi) is 7.89. The van der Waals surface area contributed by atoms with Crippen LogP contribution in [-0.4, -0.2) is 99.4 Å². The molecular weight excluding hydrogens is 571 g/mol. The van der Waals surface area contributed by atoms with Gasteiger partial charge in [0.05, 0.1) is 18.3 Å². The average Bonchev–Trinajstić information content (AvgIpc) is 3.68. The van der Waals surface area contributed by atoms with E-state index in [0.717, 1.165) is 65.1 Å². The third kappa shape index (κ3) is 5.35. The predicted molar refractivity (Wildman–Crippen MR) is 166 cm³/mol. The first-order chi connectivity index (χ1) is 20.2. The molecule has 0 bridgehead atoms. The molecule has 3 aromatic heterocycles. The highest BCUT2D eigenvalue weighted by Crippen LogP contribution is 2.38. The number of thiazole rings is 1. The number of amides is 1. The third-order valence-corrected chi connectivity index (χ3v) is 10.1. The molecule has 2 fully saturated rings. The number of hydrogen-bond donors (Lipinski definition) is 1. The Bertz CT molecular complexity index is 1630. The van der Waals surface area contributed by atoms with Crippen molar-refractivity contribution in [1.82, 2.24) is 29.4 Å². The van der Waals surface area contributed by atoms with Crippen LogP contribution >= 0.6 is 22.7 Å². The fourth-order valence-corrected chi connectivity index (χ4v) is 7.38. The van der Waals surface area contributed by atoms with Gasteiger partial charge in [-0.15, -0.1) is 5.10 Å². The van der Waals surface area contributed by atoms with Crippen LogP contribution in [0.4, 0.5) is 16.1 Å². The summed E-state index contributed by atoms with van der Waals surface area (Å²) in [5.74, 6) is 0.927. The van der Waals surface area contributed by atoms with Gasteiger partial charge in [0.2, 0.25) is 16.0 Å². The minimum Gasteiger partial charge on any atom is -0.389 e. The van der Waals surface area contributed by atoms with Crippen LogP contribution in [0.1, 0.15) is 35.9 Å². The summed E-state index contributed by atoms with van der Waals surface area (Å²) >= 11 is 2.94. The molecule has 0 radical (unpaired) electrons. The van der Waals surface area contributed by atoms with Gasteiger partial charge in [-0.3, -0.25) is 9.69 Å². The van der Waals surface area contributed by atoms with E-state index < -0.39 is 0 Å². The number of β-amino-alcohol motifs (C(OH)–C–C–N with tert-alkyl or cyclic N) is 1. The normalized spacial score (nSPS) is 17.6. The van der Waals surface area contributed by atoms with Gasteiger partial charge in [-0.1, -0.05) is 59.4 Å². The van der Waals surface area contributed by atoms with Crippen molar-refractivity contribution in [3.63, 3.8) is 0 Å². The number of piperidine rings is 1. The van der Waals surface area contributed by atoms with E-state index in [2.05, 4.69) is 22.8 Å². The maximum absolute atomic E-state index is 12.6. The number of anilines is 3. The second-order valence-corrected chi connectivity index (χ2v) is 13.0. The van der Waals surface area contributed by atoms with Gasteiger partial charge in [0.15, 0.2) is 10.9 Å². The largest absolute Gasteiger partial charge is 0.389 e. The zero-order valence-corrected chi connectivity index (χ0v) is 26.0. The van der Waals surface area contributed by atoms with E-state index in [9.17, 15) is 15.2 Å². The fraction of sp³-hybridized carbons (Fsp3) is 0.483. The number of aliphatic hydroxyl groups excluding tert-OH is 1. The summed E-state index contributed by atoms with van der Waals surface area (Å²) in [5, 5.41) is 26.1. The molecule has 4 aromatic rings. The smallest absolute Gasteiger partial charge is 0.236 e. The van der Waals surface area contributed by atoms with E-state index >= 15 is 0 Å². The van der Waals surface area contributed by atoms with Gasteiger partial charge < -0.3 is 19.8 Å². The van der Waals surface area contributed by atoms with Crippen molar-refractivity contribution in [2.45, 2.75) is 45.3 Å². The molecule has 6 rings (SSSR count). The van der Waals surface area contributed by atoms with E-state index in [1.54, 1.807) is 16.2 Å². The standard InChI is InChI=1S/C29H35N9O2S2/c1-5-22-26(35(4)27-32-25(23(13-30)41-27)19-10-8-18(2)9-11-19)38-28(31-22)42-29(33-38)36-12-6-7-20(14-36)34(3)17-24(40)37-15-21(39)16-37/h8-11,20-21,39H,5-7,12,14-17H2,1-4H3/t20-/m0/s1. The minimum absolute atomic E-state index is 0.0692. The van der Waals surface area contributed by atoms with Gasteiger partial charge in [-0.2, -0.15) is 9.78 Å². The first-order valence-corrected chi connectivity index (χ1v) is 15.9. The highest BCUT2D eigenvalue weighted by Gasteiger charge is 2.32. The van der Waals surface area contributed by atoms with Crippen LogP contribution in [0.3, 0.4) is 0 Å². The van der Waals surface area contributed by atoms with Crippen molar-refractivity contribution in [2.24, 2.45) is 0 Å². The van der Waals surface area contributed by atoms with Gasteiger partial charge in [-0.25, -0.2) is 9.97 Å². The number of benzene rings is 1. The summed E-state index contributed by atoms with van der Waals surface area (Å²) in [6.45, 7) is 7.03. The Balaban J connectivity index is 1.23. The number of nitriles is 1. The molecule has 2 aliphatic heterocycles. The zero-order chi connectivity index (χ0) is 29.5. The Morgan fingerprint density at radius 2 is 1.93 bits per heavy atom. The zero-order valence-electron chi connectivity index (χ0n) is 24.3. The first kappa shape index (κ1) is 28.5. The molecule has 13 heteroatoms. The van der Waals surface area contributed by atoms with Crippen molar-refractivity contribution in [2.75, 3.05) is 56.6 Å². The summed E-state index contributed by atoms with van der Waals surface area (Å²) in [4.78, 5) is 31.9. The lowest BCUT2D eigenvalue weighted by atomic mass is 10.0. The highest BCUT2D eigenvalue weighted by atomic mass is 32.1. The number of hydrogen-bond acceptors (Lipinski definition) is 11. The molecule has 0 saturated carbocycles. The van der Waals surface area contributed by atoms with Crippen LogP contribution in [-0.2, 0) is 11.2 Å². The summed E-state index contributed by atoms with van der Waals surface area (Å²) in [6, 6.07) is 10.6. The van der Waals surface area contributed by atoms with Crippen LogP contribution in [0, 0.1) is 18.3 Å². The molecule has 0 aliphatic carbocycles. The van der Waals surface area contributed by atoms with Crippen LogP contribution in [0.25, 0.3) is 16.2 Å². The Morgan fingerprint density at radius 1 is 1.17 bits per heavy atom. The number of carbonyl (C=O) groups is 1. The number of likely N-dealkylation sites (N-methyl/N-ethyl adjacent to an activating group) is 1. The van der Waals surface area contributed by atoms with E-state index in [1.165, 1.54) is 11.3 Å². The average molecular weight is 606 g/mol. The van der Waals surface area contributed by atoms with Crippen molar-refractivity contribution >= 4 is 49.6 Å².